The number of aliphatic hydroxyl groups is 5. The van der Waals surface area contributed by atoms with Crippen molar-refractivity contribution in [3.63, 3.8) is 0 Å². The number of para-hydroxylation sites is 1. The zero-order valence-corrected chi connectivity index (χ0v) is 13.0. The first-order chi connectivity index (χ1) is 11.3. The molecule has 4 unspecified atom stereocenters. The smallest absolute Gasteiger partial charge is 0.229 e. The van der Waals surface area contributed by atoms with Crippen LogP contribution < -0.4 is 0 Å². The predicted molar refractivity (Wildman–Crippen MR) is 85.1 cm³/mol. The average Bonchev–Trinajstić information content (AvgIpc) is 3.07. The predicted octanol–water partition coefficient (Wildman–Crippen LogP) is -1.25. The molecule has 0 saturated heterocycles. The number of nitrogens with one attached hydrogen (secondary N) is 1. The van der Waals surface area contributed by atoms with Crippen LogP contribution in [0.1, 0.15) is 6.92 Å². The summed E-state index contributed by atoms with van der Waals surface area (Å²) >= 11 is 0. The lowest BCUT2D eigenvalue weighted by Gasteiger charge is -2.24. The summed E-state index contributed by atoms with van der Waals surface area (Å²) in [7, 11) is 0. The first kappa shape index (κ1) is 19.9. The molecular weight excluding hydrogens is 318 g/mol. The van der Waals surface area contributed by atoms with Gasteiger partial charge in [0, 0.05) is 18.6 Å². The first-order valence-electron chi connectivity index (χ1n) is 7.19. The quantitative estimate of drug-likeness (QED) is 0.360. The highest BCUT2D eigenvalue weighted by molar-refractivity contribution is 6.38. The van der Waals surface area contributed by atoms with Crippen molar-refractivity contribution in [1.29, 1.82) is 0 Å². The molecule has 1 heterocycles. The molecule has 132 valence electrons. The van der Waals surface area contributed by atoms with Crippen LogP contribution in [0.15, 0.2) is 36.5 Å². The Bertz CT molecular complexity index is 639. The van der Waals surface area contributed by atoms with Gasteiger partial charge in [-0.3, -0.25) is 9.59 Å². The number of benzene rings is 1. The maximum absolute atomic E-state index is 10.9. The zero-order chi connectivity index (χ0) is 18.3. The molecule has 0 amide bonds. The van der Waals surface area contributed by atoms with E-state index in [0.29, 0.717) is 0 Å². The highest BCUT2D eigenvalue weighted by Crippen LogP contribution is 2.09. The topological polar surface area (TPSA) is 151 Å². The second kappa shape index (κ2) is 9.26. The van der Waals surface area contributed by atoms with Crippen molar-refractivity contribution in [2.75, 3.05) is 6.61 Å². The van der Waals surface area contributed by atoms with Crippen molar-refractivity contribution >= 4 is 22.5 Å². The van der Waals surface area contributed by atoms with Crippen molar-refractivity contribution in [2.24, 2.45) is 0 Å². The monoisotopic (exact) mass is 339 g/mol. The number of hydrogen-bond acceptors (Lipinski definition) is 7. The maximum atomic E-state index is 10.9. The summed E-state index contributed by atoms with van der Waals surface area (Å²) in [4.78, 5) is 24.5. The number of Topliss-reactive ketones (excluding diaryl/α,β-unsaturated/α-hetero) is 2. The Morgan fingerprint density at radius 3 is 2.21 bits per heavy atom. The van der Waals surface area contributed by atoms with Gasteiger partial charge in [-0.15, -0.1) is 0 Å². The summed E-state index contributed by atoms with van der Waals surface area (Å²) in [6.45, 7) is 0.0480. The van der Waals surface area contributed by atoms with Gasteiger partial charge in [0.25, 0.3) is 0 Å². The molecule has 0 bridgehead atoms. The van der Waals surface area contributed by atoms with Crippen molar-refractivity contribution in [2.45, 2.75) is 31.3 Å². The summed E-state index contributed by atoms with van der Waals surface area (Å²) < 4.78 is 0. The van der Waals surface area contributed by atoms with Crippen LogP contribution in [-0.4, -0.2) is 73.1 Å². The fourth-order valence-electron chi connectivity index (χ4n) is 1.88. The van der Waals surface area contributed by atoms with E-state index in [-0.39, 0.29) is 0 Å². The van der Waals surface area contributed by atoms with Crippen LogP contribution in [0, 0.1) is 0 Å². The Balaban J connectivity index is 0.000000267. The number of hydrogen-bond donors (Lipinski definition) is 6. The number of H-pyrrole nitrogens is 1. The Morgan fingerprint density at radius 2 is 1.67 bits per heavy atom. The summed E-state index contributed by atoms with van der Waals surface area (Å²) in [6, 6.07) is 10.3. The van der Waals surface area contributed by atoms with E-state index < -0.39 is 42.6 Å². The minimum atomic E-state index is -2.11. The Kier molecular flexibility index (Phi) is 7.69. The number of aromatic amines is 1. The minimum absolute atomic E-state index is 0.848. The van der Waals surface area contributed by atoms with Crippen LogP contribution in [0.25, 0.3) is 10.9 Å². The lowest BCUT2D eigenvalue weighted by Crippen LogP contribution is -2.49. The number of carbonyl (C=O) groups is 2. The molecule has 0 saturated carbocycles. The van der Waals surface area contributed by atoms with Gasteiger partial charge in [-0.2, -0.15) is 0 Å². The van der Waals surface area contributed by atoms with Gasteiger partial charge in [0.2, 0.25) is 5.78 Å². The molecule has 4 atom stereocenters. The van der Waals surface area contributed by atoms with Gasteiger partial charge in [0.1, 0.15) is 24.4 Å². The molecule has 24 heavy (non-hydrogen) atoms. The van der Waals surface area contributed by atoms with E-state index in [1.807, 2.05) is 18.3 Å². The van der Waals surface area contributed by atoms with E-state index in [2.05, 4.69) is 23.2 Å². The number of aromatic nitrogens is 1. The van der Waals surface area contributed by atoms with E-state index in [1.165, 1.54) is 10.9 Å². The number of fused-ring (bicyclic) bond motifs is 1. The molecule has 1 aromatic heterocycles. The van der Waals surface area contributed by atoms with Crippen molar-refractivity contribution in [1.82, 2.24) is 4.98 Å². The third-order valence-corrected chi connectivity index (χ3v) is 3.33. The second-order valence-corrected chi connectivity index (χ2v) is 5.16. The molecule has 1 aromatic carbocycles. The molecule has 6 N–H and O–H groups in total. The standard InChI is InChI=1S/C8H7N.C8H14O7/c1-2-4-8-7(3-1)5-6-9-8;1-3(10)5(12)7(14)8(15)6(13)4(11)2-9/h1-6,9H;4,6-9,11,13-15H,2H2,1H3. The van der Waals surface area contributed by atoms with Gasteiger partial charge in [-0.1, -0.05) is 18.2 Å². The number of carbonyl (C=O) groups excluding carboxylic acids is 2. The zero-order valence-electron chi connectivity index (χ0n) is 13.0. The van der Waals surface area contributed by atoms with E-state index >= 15 is 0 Å². The average molecular weight is 339 g/mol. The van der Waals surface area contributed by atoms with Crippen LogP contribution >= 0.6 is 0 Å². The summed E-state index contributed by atoms with van der Waals surface area (Å²) in [5.74, 6) is -2.25. The van der Waals surface area contributed by atoms with Crippen LogP contribution in [0.2, 0.25) is 0 Å². The SMILES string of the molecule is CC(=O)C(=O)C(O)C(O)C(O)C(O)CO.c1ccc2[nH]ccc2c1. The summed E-state index contributed by atoms with van der Waals surface area (Å²) in [5, 5.41) is 46.0. The molecule has 8 nitrogen and oxygen atoms in total. The second-order valence-electron chi connectivity index (χ2n) is 5.16. The molecule has 2 rings (SSSR count). The van der Waals surface area contributed by atoms with Crippen molar-refractivity contribution in [3.8, 4) is 0 Å². The molecule has 0 aliphatic carbocycles. The van der Waals surface area contributed by atoms with Gasteiger partial charge in [0.05, 0.1) is 6.61 Å². The molecule has 0 aliphatic rings. The summed E-state index contributed by atoms with van der Waals surface area (Å²) in [5.41, 5.74) is 1.21. The Morgan fingerprint density at radius 1 is 1.04 bits per heavy atom. The van der Waals surface area contributed by atoms with Gasteiger partial charge in [-0.25, -0.2) is 0 Å². The van der Waals surface area contributed by atoms with Gasteiger partial charge in [-0.05, 0) is 17.5 Å². The maximum Gasteiger partial charge on any atom is 0.229 e. The van der Waals surface area contributed by atoms with Crippen molar-refractivity contribution in [3.05, 3.63) is 36.5 Å². The number of rotatable bonds is 6. The third kappa shape index (κ3) is 5.22. The highest BCUT2D eigenvalue weighted by Gasteiger charge is 2.35. The molecule has 0 fully saturated rings. The molecule has 0 aliphatic heterocycles. The molecule has 0 radical (unpaired) electrons. The van der Waals surface area contributed by atoms with Gasteiger partial charge < -0.3 is 30.5 Å². The lowest BCUT2D eigenvalue weighted by molar-refractivity contribution is -0.153. The largest absolute Gasteiger partial charge is 0.394 e. The Hall–Kier alpha value is -2.10. The molecular formula is C16H21NO7. The molecule has 0 spiro atoms. The summed E-state index contributed by atoms with van der Waals surface area (Å²) in [6.07, 6.45) is -5.80. The molecule has 8 heteroatoms. The van der Waals surface area contributed by atoms with Gasteiger partial charge in [0.15, 0.2) is 5.78 Å². The van der Waals surface area contributed by atoms with Gasteiger partial charge >= 0.3 is 0 Å². The van der Waals surface area contributed by atoms with E-state index in [0.717, 1.165) is 6.92 Å². The fraction of sp³-hybridized carbons (Fsp3) is 0.375. The normalized spacial score (nSPS) is 15.8. The van der Waals surface area contributed by atoms with Crippen LogP contribution in [0.3, 0.4) is 0 Å². The number of ketones is 2. The molecule has 2 aromatic rings. The van der Waals surface area contributed by atoms with E-state index in [9.17, 15) is 9.59 Å². The number of aliphatic hydroxyl groups excluding tert-OH is 5. The van der Waals surface area contributed by atoms with Crippen LogP contribution in [0.4, 0.5) is 0 Å². The fourth-order valence-corrected chi connectivity index (χ4v) is 1.88. The Labute approximate surface area is 138 Å². The first-order valence-corrected chi connectivity index (χ1v) is 7.19. The third-order valence-electron chi connectivity index (χ3n) is 3.33. The van der Waals surface area contributed by atoms with Crippen LogP contribution in [-0.2, 0) is 9.59 Å². The van der Waals surface area contributed by atoms with E-state index in [4.69, 9.17) is 25.5 Å². The lowest BCUT2D eigenvalue weighted by atomic mass is 9.99. The van der Waals surface area contributed by atoms with Crippen molar-refractivity contribution < 1.29 is 35.1 Å². The van der Waals surface area contributed by atoms with E-state index in [1.54, 1.807) is 0 Å². The minimum Gasteiger partial charge on any atom is -0.394 e. The highest BCUT2D eigenvalue weighted by atomic mass is 16.4. The van der Waals surface area contributed by atoms with Crippen LogP contribution in [0.5, 0.6) is 0 Å².